The van der Waals surface area contributed by atoms with Gasteiger partial charge in [-0.15, -0.1) is 11.3 Å². The van der Waals surface area contributed by atoms with Crippen LogP contribution in [0.15, 0.2) is 41.8 Å². The third kappa shape index (κ3) is 2.26. The lowest BCUT2D eigenvalue weighted by Crippen LogP contribution is -1.93. The molecule has 0 saturated carbocycles. The van der Waals surface area contributed by atoms with E-state index >= 15 is 0 Å². The van der Waals surface area contributed by atoms with E-state index in [1.807, 2.05) is 41.8 Å². The Morgan fingerprint density at radius 2 is 2.00 bits per heavy atom. The summed E-state index contributed by atoms with van der Waals surface area (Å²) in [7, 11) is 0. The Morgan fingerprint density at radius 1 is 1.21 bits per heavy atom. The van der Waals surface area contributed by atoms with Crippen LogP contribution < -0.4 is 10.5 Å². The van der Waals surface area contributed by atoms with Crippen molar-refractivity contribution in [3.8, 4) is 5.75 Å². The smallest absolute Gasteiger partial charge is 0.132 e. The number of hydrogen-bond donors (Lipinski definition) is 1. The van der Waals surface area contributed by atoms with E-state index in [2.05, 4.69) is 0 Å². The zero-order chi connectivity index (χ0) is 9.80. The monoisotopic (exact) mass is 205 g/mol. The predicted octanol–water partition coefficient (Wildman–Crippen LogP) is 2.91. The molecule has 0 unspecified atom stereocenters. The molecule has 3 heteroatoms. The lowest BCUT2D eigenvalue weighted by atomic mass is 10.2. The van der Waals surface area contributed by atoms with Gasteiger partial charge in [0.05, 0.1) is 5.00 Å². The first-order chi connectivity index (χ1) is 6.84. The molecule has 0 radical (unpaired) electrons. The van der Waals surface area contributed by atoms with Gasteiger partial charge in [-0.1, -0.05) is 30.3 Å². The summed E-state index contributed by atoms with van der Waals surface area (Å²) in [6.45, 7) is 0.594. The Labute approximate surface area is 86.9 Å². The van der Waals surface area contributed by atoms with Gasteiger partial charge in [-0.3, -0.25) is 0 Å². The Morgan fingerprint density at radius 3 is 2.64 bits per heavy atom. The van der Waals surface area contributed by atoms with Crippen LogP contribution in [-0.4, -0.2) is 0 Å². The molecule has 1 aromatic carbocycles. The van der Waals surface area contributed by atoms with Crippen LogP contribution in [-0.2, 0) is 6.61 Å². The molecular weight excluding hydrogens is 194 g/mol. The number of anilines is 1. The highest BCUT2D eigenvalue weighted by Gasteiger charge is 1.97. The highest BCUT2D eigenvalue weighted by atomic mass is 32.1. The van der Waals surface area contributed by atoms with Gasteiger partial charge in [0.1, 0.15) is 12.4 Å². The van der Waals surface area contributed by atoms with Crippen LogP contribution in [0, 0.1) is 0 Å². The molecule has 2 N–H and O–H groups in total. The molecule has 0 aliphatic rings. The van der Waals surface area contributed by atoms with Gasteiger partial charge < -0.3 is 10.5 Å². The van der Waals surface area contributed by atoms with Gasteiger partial charge in [-0.2, -0.15) is 0 Å². The Balaban J connectivity index is 1.95. The van der Waals surface area contributed by atoms with Crippen molar-refractivity contribution in [1.82, 2.24) is 0 Å². The van der Waals surface area contributed by atoms with Crippen LogP contribution in [0.4, 0.5) is 5.00 Å². The molecule has 2 aromatic rings. The van der Waals surface area contributed by atoms with Crippen molar-refractivity contribution in [2.24, 2.45) is 0 Å². The maximum absolute atomic E-state index is 5.59. The molecule has 0 aliphatic carbocycles. The molecule has 0 bridgehead atoms. The maximum atomic E-state index is 5.59. The van der Waals surface area contributed by atoms with Gasteiger partial charge in [0.25, 0.3) is 0 Å². The van der Waals surface area contributed by atoms with E-state index < -0.39 is 0 Å². The number of ether oxygens (including phenoxy) is 1. The van der Waals surface area contributed by atoms with Crippen LogP contribution in [0.25, 0.3) is 0 Å². The zero-order valence-electron chi connectivity index (χ0n) is 7.64. The Hall–Kier alpha value is -1.48. The largest absolute Gasteiger partial charge is 0.488 e. The highest BCUT2D eigenvalue weighted by molar-refractivity contribution is 7.14. The summed E-state index contributed by atoms with van der Waals surface area (Å²) in [5, 5.41) is 2.70. The van der Waals surface area contributed by atoms with Crippen LogP contribution in [0.3, 0.4) is 0 Å². The Bertz CT molecular complexity index is 397. The molecular formula is C11H11NOS. The number of nitrogens with two attached hydrogens (primary N) is 1. The summed E-state index contributed by atoms with van der Waals surface area (Å²) in [5.74, 6) is 0.844. The molecule has 14 heavy (non-hydrogen) atoms. The Kier molecular flexibility index (Phi) is 2.70. The molecule has 0 aliphatic heterocycles. The van der Waals surface area contributed by atoms with Crippen molar-refractivity contribution < 1.29 is 4.74 Å². The first kappa shape index (κ1) is 9.09. The summed E-state index contributed by atoms with van der Waals surface area (Å²) < 4.78 is 5.54. The van der Waals surface area contributed by atoms with Crippen LogP contribution in [0.2, 0.25) is 0 Å². The number of hydrogen-bond acceptors (Lipinski definition) is 3. The van der Waals surface area contributed by atoms with Crippen molar-refractivity contribution in [3.63, 3.8) is 0 Å². The van der Waals surface area contributed by atoms with E-state index in [0.717, 1.165) is 16.3 Å². The molecule has 0 atom stereocenters. The second kappa shape index (κ2) is 4.15. The minimum absolute atomic E-state index is 0.594. The van der Waals surface area contributed by atoms with Crippen LogP contribution in [0.5, 0.6) is 5.75 Å². The van der Waals surface area contributed by atoms with Gasteiger partial charge in [0, 0.05) is 11.4 Å². The minimum Gasteiger partial charge on any atom is -0.488 e. The van der Waals surface area contributed by atoms with E-state index in [4.69, 9.17) is 10.5 Å². The van der Waals surface area contributed by atoms with E-state index in [1.54, 1.807) is 0 Å². The van der Waals surface area contributed by atoms with E-state index in [0.29, 0.717) is 6.61 Å². The first-order valence-electron chi connectivity index (χ1n) is 4.35. The van der Waals surface area contributed by atoms with E-state index in [1.165, 1.54) is 11.3 Å². The lowest BCUT2D eigenvalue weighted by molar-refractivity contribution is 0.307. The molecule has 72 valence electrons. The number of thiophene rings is 1. The fourth-order valence-corrected chi connectivity index (χ4v) is 1.72. The van der Waals surface area contributed by atoms with E-state index in [-0.39, 0.29) is 0 Å². The van der Waals surface area contributed by atoms with Crippen molar-refractivity contribution in [1.29, 1.82) is 0 Å². The van der Waals surface area contributed by atoms with Gasteiger partial charge >= 0.3 is 0 Å². The second-order valence-electron chi connectivity index (χ2n) is 2.96. The van der Waals surface area contributed by atoms with Crippen molar-refractivity contribution >= 4 is 16.3 Å². The van der Waals surface area contributed by atoms with Crippen molar-refractivity contribution in [2.45, 2.75) is 6.61 Å². The summed E-state index contributed by atoms with van der Waals surface area (Å²) in [6, 6.07) is 11.9. The number of nitrogen functional groups attached to an aromatic ring is 1. The van der Waals surface area contributed by atoms with Gasteiger partial charge in [0.2, 0.25) is 0 Å². The molecule has 0 fully saturated rings. The van der Waals surface area contributed by atoms with Gasteiger partial charge in [-0.05, 0) is 5.56 Å². The molecule has 0 spiro atoms. The van der Waals surface area contributed by atoms with Gasteiger partial charge in [-0.25, -0.2) is 0 Å². The lowest BCUT2D eigenvalue weighted by Gasteiger charge is -2.02. The SMILES string of the molecule is Nc1cc(OCc2ccccc2)cs1. The fraction of sp³-hybridized carbons (Fsp3) is 0.0909. The molecule has 1 aromatic heterocycles. The van der Waals surface area contributed by atoms with Crippen LogP contribution >= 0.6 is 11.3 Å². The summed E-state index contributed by atoms with van der Waals surface area (Å²) in [6.07, 6.45) is 0. The standard InChI is InChI=1S/C11H11NOS/c12-11-6-10(8-14-11)13-7-9-4-2-1-3-5-9/h1-6,8H,7,12H2. The molecule has 2 rings (SSSR count). The summed E-state index contributed by atoms with van der Waals surface area (Å²) in [4.78, 5) is 0. The predicted molar refractivity (Wildman–Crippen MR) is 59.5 cm³/mol. The quantitative estimate of drug-likeness (QED) is 0.836. The normalized spacial score (nSPS) is 10.0. The summed E-state index contributed by atoms with van der Waals surface area (Å²) in [5.41, 5.74) is 6.75. The molecule has 1 heterocycles. The fourth-order valence-electron chi connectivity index (χ4n) is 1.15. The third-order valence-corrected chi connectivity index (χ3v) is 2.58. The number of rotatable bonds is 3. The van der Waals surface area contributed by atoms with Crippen LogP contribution in [0.1, 0.15) is 5.56 Å². The molecule has 0 saturated heterocycles. The van der Waals surface area contributed by atoms with Crippen molar-refractivity contribution in [2.75, 3.05) is 5.73 Å². The number of benzene rings is 1. The second-order valence-corrected chi connectivity index (χ2v) is 3.90. The summed E-state index contributed by atoms with van der Waals surface area (Å²) >= 11 is 1.49. The third-order valence-electron chi connectivity index (χ3n) is 1.84. The average molecular weight is 205 g/mol. The molecule has 0 amide bonds. The topological polar surface area (TPSA) is 35.2 Å². The van der Waals surface area contributed by atoms with Crippen molar-refractivity contribution in [3.05, 3.63) is 47.3 Å². The van der Waals surface area contributed by atoms with Gasteiger partial charge in [0.15, 0.2) is 0 Å². The van der Waals surface area contributed by atoms with E-state index in [9.17, 15) is 0 Å². The maximum Gasteiger partial charge on any atom is 0.132 e. The average Bonchev–Trinajstić information content (AvgIpc) is 2.63. The molecule has 2 nitrogen and oxygen atoms in total. The first-order valence-corrected chi connectivity index (χ1v) is 5.23. The zero-order valence-corrected chi connectivity index (χ0v) is 8.46. The highest BCUT2D eigenvalue weighted by Crippen LogP contribution is 2.23. The minimum atomic E-state index is 0.594.